The van der Waals surface area contributed by atoms with Crippen molar-refractivity contribution in [2.45, 2.75) is 31.7 Å². The van der Waals surface area contributed by atoms with E-state index in [0.717, 1.165) is 25.7 Å². The molecule has 0 radical (unpaired) electrons. The van der Waals surface area contributed by atoms with Gasteiger partial charge in [0.05, 0.1) is 33.0 Å². The minimum atomic E-state index is -0.155. The maximum absolute atomic E-state index is 12.6. The molecule has 1 heterocycles. The number of methoxy groups -OCH3 is 3. The van der Waals surface area contributed by atoms with Gasteiger partial charge in [0, 0.05) is 6.04 Å². The second-order valence-corrected chi connectivity index (χ2v) is 6.12. The predicted octanol–water partition coefficient (Wildman–Crippen LogP) is 2.75. The maximum Gasteiger partial charge on any atom is 0.328 e. The fourth-order valence-corrected chi connectivity index (χ4v) is 2.81. The lowest BCUT2D eigenvalue weighted by Crippen LogP contribution is -2.32. The lowest BCUT2D eigenvalue weighted by molar-refractivity contribution is -0.126. The smallest absolute Gasteiger partial charge is 0.328 e. The number of carbonyl (C=O) groups is 2. The van der Waals surface area contributed by atoms with Crippen molar-refractivity contribution in [2.75, 3.05) is 21.3 Å². The van der Waals surface area contributed by atoms with E-state index in [1.54, 1.807) is 30.3 Å². The number of nitrogens with one attached hydrogen (secondary N) is 1. The number of aromatic nitrogens is 2. The van der Waals surface area contributed by atoms with Gasteiger partial charge in [-0.15, -0.1) is 0 Å². The van der Waals surface area contributed by atoms with Crippen LogP contribution in [0.3, 0.4) is 0 Å². The Balaban J connectivity index is 0.000000687. The number of hydrogen-bond donors (Lipinski definition) is 1. The van der Waals surface area contributed by atoms with Gasteiger partial charge in [0.2, 0.25) is 11.8 Å². The number of benzene rings is 1. The quantitative estimate of drug-likeness (QED) is 0.703. The van der Waals surface area contributed by atoms with Crippen LogP contribution in [-0.2, 0) is 9.53 Å². The van der Waals surface area contributed by atoms with Crippen LogP contribution in [0.25, 0.3) is 0 Å². The van der Waals surface area contributed by atoms with Crippen molar-refractivity contribution >= 4 is 12.4 Å². The van der Waals surface area contributed by atoms with Crippen molar-refractivity contribution in [2.24, 2.45) is 0 Å². The average Bonchev–Trinajstić information content (AvgIpc) is 3.27. The summed E-state index contributed by atoms with van der Waals surface area (Å²) in [6.07, 6.45) is 4.34. The molecule has 3 rings (SSSR count). The van der Waals surface area contributed by atoms with E-state index in [4.69, 9.17) is 19.0 Å². The molecule has 1 N–H and O–H groups in total. The summed E-state index contributed by atoms with van der Waals surface area (Å²) >= 11 is 0. The van der Waals surface area contributed by atoms with E-state index in [1.807, 2.05) is 0 Å². The van der Waals surface area contributed by atoms with E-state index in [9.17, 15) is 4.79 Å². The summed E-state index contributed by atoms with van der Waals surface area (Å²) in [5.74, 6) is 0.857. The standard InChI is InChI=1S/C18H21N3O4.C2H4O2/c1-23-15-11-16(24-2)21-18(20-15)25-14-10-6-5-9-13(14)17(22)19-12-7-3-4-8-12;1-4-2-3/h5-6,9-12H,3-4,7-8H2,1-2H3,(H,19,22);2H,1H3. The van der Waals surface area contributed by atoms with Crippen LogP contribution in [0.5, 0.6) is 23.5 Å². The summed E-state index contributed by atoms with van der Waals surface area (Å²) in [5.41, 5.74) is 0.444. The lowest BCUT2D eigenvalue weighted by atomic mass is 10.1. The number of nitrogens with zero attached hydrogens (tertiary/aromatic N) is 2. The number of ether oxygens (including phenoxy) is 4. The molecule has 29 heavy (non-hydrogen) atoms. The molecule has 9 heteroatoms. The van der Waals surface area contributed by atoms with Crippen molar-refractivity contribution in [3.05, 3.63) is 35.9 Å². The molecule has 0 unspecified atom stereocenters. The van der Waals surface area contributed by atoms with E-state index < -0.39 is 0 Å². The largest absolute Gasteiger partial charge is 0.481 e. The number of rotatable bonds is 7. The first kappa shape index (κ1) is 21.9. The molecule has 0 bridgehead atoms. The third-order valence-corrected chi connectivity index (χ3v) is 4.20. The summed E-state index contributed by atoms with van der Waals surface area (Å²) in [6, 6.07) is 8.84. The Hall–Kier alpha value is -3.36. The molecular weight excluding hydrogens is 378 g/mol. The Morgan fingerprint density at radius 1 is 1.07 bits per heavy atom. The summed E-state index contributed by atoms with van der Waals surface area (Å²) in [6.45, 7) is 0.375. The predicted molar refractivity (Wildman–Crippen MR) is 104 cm³/mol. The Kier molecular flexibility index (Phi) is 8.68. The highest BCUT2D eigenvalue weighted by Gasteiger charge is 2.20. The van der Waals surface area contributed by atoms with Crippen molar-refractivity contribution in [1.82, 2.24) is 15.3 Å². The highest BCUT2D eigenvalue weighted by molar-refractivity contribution is 5.97. The fraction of sp³-hybridized carbons (Fsp3) is 0.400. The molecule has 1 aromatic heterocycles. The number of carbonyl (C=O) groups excluding carboxylic acids is 2. The minimum Gasteiger partial charge on any atom is -0.481 e. The second-order valence-electron chi connectivity index (χ2n) is 6.12. The molecule has 0 spiro atoms. The lowest BCUT2D eigenvalue weighted by Gasteiger charge is -2.14. The van der Waals surface area contributed by atoms with Crippen LogP contribution in [0, 0.1) is 0 Å². The molecule has 1 saturated carbocycles. The Bertz CT molecular complexity index is 786. The molecule has 1 amide bonds. The molecular formula is C20H25N3O6. The normalized spacial score (nSPS) is 12.9. The van der Waals surface area contributed by atoms with Crippen LogP contribution in [0.1, 0.15) is 36.0 Å². The van der Waals surface area contributed by atoms with Crippen LogP contribution in [0.2, 0.25) is 0 Å². The van der Waals surface area contributed by atoms with E-state index in [2.05, 4.69) is 20.0 Å². The zero-order chi connectivity index (χ0) is 21.1. The van der Waals surface area contributed by atoms with Gasteiger partial charge >= 0.3 is 6.01 Å². The summed E-state index contributed by atoms with van der Waals surface area (Å²) in [4.78, 5) is 29.8. The molecule has 2 aromatic rings. The van der Waals surface area contributed by atoms with Gasteiger partial charge in [0.1, 0.15) is 5.75 Å². The number of para-hydroxylation sites is 1. The van der Waals surface area contributed by atoms with Crippen LogP contribution in [0.15, 0.2) is 30.3 Å². The molecule has 0 atom stereocenters. The van der Waals surface area contributed by atoms with Crippen LogP contribution >= 0.6 is 0 Å². The molecule has 1 aromatic carbocycles. The third kappa shape index (κ3) is 6.63. The molecule has 0 aliphatic heterocycles. The summed E-state index contributed by atoms with van der Waals surface area (Å²) < 4.78 is 19.8. The van der Waals surface area contributed by atoms with Gasteiger partial charge in [-0.3, -0.25) is 9.59 Å². The SMILES string of the molecule is COC=O.COc1cc(OC)nc(Oc2ccccc2C(=O)NC2CCCC2)n1. The third-order valence-electron chi connectivity index (χ3n) is 4.20. The number of amides is 1. The van der Waals surface area contributed by atoms with E-state index >= 15 is 0 Å². The second kappa shape index (κ2) is 11.5. The Morgan fingerprint density at radius 2 is 1.66 bits per heavy atom. The van der Waals surface area contributed by atoms with Crippen molar-refractivity contribution in [3.63, 3.8) is 0 Å². The zero-order valence-corrected chi connectivity index (χ0v) is 16.7. The van der Waals surface area contributed by atoms with Gasteiger partial charge < -0.3 is 24.3 Å². The van der Waals surface area contributed by atoms with Crippen LogP contribution in [-0.4, -0.2) is 49.7 Å². The first-order valence-electron chi connectivity index (χ1n) is 9.12. The zero-order valence-electron chi connectivity index (χ0n) is 16.7. The Morgan fingerprint density at radius 3 is 2.21 bits per heavy atom. The minimum absolute atomic E-state index is 0.0531. The first-order valence-corrected chi connectivity index (χ1v) is 9.12. The topological polar surface area (TPSA) is 109 Å². The van der Waals surface area contributed by atoms with Crippen molar-refractivity contribution in [3.8, 4) is 23.5 Å². The van der Waals surface area contributed by atoms with Crippen molar-refractivity contribution in [1.29, 1.82) is 0 Å². The van der Waals surface area contributed by atoms with E-state index in [1.165, 1.54) is 21.3 Å². The van der Waals surface area contributed by atoms with Gasteiger partial charge in [0.15, 0.2) is 0 Å². The van der Waals surface area contributed by atoms with Gasteiger partial charge in [0.25, 0.3) is 12.4 Å². The monoisotopic (exact) mass is 403 g/mol. The summed E-state index contributed by atoms with van der Waals surface area (Å²) in [5, 5.41) is 3.06. The highest BCUT2D eigenvalue weighted by Crippen LogP contribution is 2.27. The van der Waals surface area contributed by atoms with Gasteiger partial charge in [-0.05, 0) is 25.0 Å². The Labute approximate surface area is 169 Å². The number of hydrogen-bond acceptors (Lipinski definition) is 8. The van der Waals surface area contributed by atoms with Crippen molar-refractivity contribution < 1.29 is 28.5 Å². The van der Waals surface area contributed by atoms with Gasteiger partial charge in [-0.1, -0.05) is 25.0 Å². The van der Waals surface area contributed by atoms with Gasteiger partial charge in [-0.2, -0.15) is 9.97 Å². The molecule has 0 saturated heterocycles. The average molecular weight is 403 g/mol. The first-order chi connectivity index (χ1) is 14.1. The molecule has 9 nitrogen and oxygen atoms in total. The van der Waals surface area contributed by atoms with Crippen LogP contribution < -0.4 is 19.5 Å². The van der Waals surface area contributed by atoms with E-state index in [0.29, 0.717) is 29.5 Å². The molecule has 1 aliphatic rings. The molecule has 1 fully saturated rings. The maximum atomic E-state index is 12.6. The fourth-order valence-electron chi connectivity index (χ4n) is 2.81. The highest BCUT2D eigenvalue weighted by atomic mass is 16.5. The molecule has 156 valence electrons. The van der Waals surface area contributed by atoms with Crippen LogP contribution in [0.4, 0.5) is 0 Å². The molecule has 1 aliphatic carbocycles. The van der Waals surface area contributed by atoms with E-state index in [-0.39, 0.29) is 18.0 Å². The van der Waals surface area contributed by atoms with Gasteiger partial charge in [-0.25, -0.2) is 0 Å². The summed E-state index contributed by atoms with van der Waals surface area (Å²) in [7, 11) is 4.30.